The molecule has 26 heavy (non-hydrogen) atoms. The van der Waals surface area contributed by atoms with Crippen LogP contribution in [-0.2, 0) is 15.8 Å². The fourth-order valence-corrected chi connectivity index (χ4v) is 3.48. The Morgan fingerprint density at radius 2 is 1.46 bits per heavy atom. The fraction of sp³-hybridized carbons (Fsp3) is 0.579. The van der Waals surface area contributed by atoms with Gasteiger partial charge in [-0.1, -0.05) is 25.7 Å². The molecule has 4 nitrogen and oxygen atoms in total. The number of alkyl halides is 3. The maximum Gasteiger partial charge on any atom is 0.416 e. The smallest absolute Gasteiger partial charge is 0.353 e. The van der Waals surface area contributed by atoms with Crippen LogP contribution in [0.25, 0.3) is 0 Å². The second-order valence-corrected chi connectivity index (χ2v) is 7.21. The van der Waals surface area contributed by atoms with E-state index in [1.54, 1.807) is 0 Å². The molecule has 0 aromatic heterocycles. The lowest BCUT2D eigenvalue weighted by molar-refractivity contribution is -0.137. The van der Waals surface area contributed by atoms with Crippen LogP contribution in [-0.4, -0.2) is 17.9 Å². The minimum absolute atomic E-state index is 0.0792. The summed E-state index contributed by atoms with van der Waals surface area (Å²) in [5.74, 6) is -1.12. The Kier molecular flexibility index (Phi) is 5.53. The molecule has 1 aromatic rings. The predicted molar refractivity (Wildman–Crippen MR) is 91.3 cm³/mol. The van der Waals surface area contributed by atoms with Gasteiger partial charge in [-0.05, 0) is 43.5 Å². The van der Waals surface area contributed by atoms with Crippen molar-refractivity contribution in [2.75, 3.05) is 5.32 Å². The van der Waals surface area contributed by atoms with Crippen molar-refractivity contribution in [3.8, 4) is 0 Å². The number of hydrogen-bond donors (Lipinski definition) is 2. The highest BCUT2D eigenvalue weighted by molar-refractivity contribution is 5.99. The van der Waals surface area contributed by atoms with Crippen molar-refractivity contribution in [1.82, 2.24) is 5.32 Å². The average molecular weight is 368 g/mol. The van der Waals surface area contributed by atoms with Gasteiger partial charge >= 0.3 is 6.18 Å². The zero-order valence-electron chi connectivity index (χ0n) is 14.4. The van der Waals surface area contributed by atoms with Crippen LogP contribution in [0.4, 0.5) is 18.9 Å². The Bertz CT molecular complexity index is 650. The average Bonchev–Trinajstić information content (AvgIpc) is 3.39. The van der Waals surface area contributed by atoms with E-state index < -0.39 is 17.7 Å². The third-order valence-corrected chi connectivity index (χ3v) is 5.15. The normalized spacial score (nSPS) is 23.8. The highest BCUT2D eigenvalue weighted by Crippen LogP contribution is 2.40. The molecule has 2 aliphatic carbocycles. The van der Waals surface area contributed by atoms with E-state index in [0.717, 1.165) is 37.8 Å². The maximum absolute atomic E-state index is 12.5. The number of nitrogens with one attached hydrogen (secondary N) is 2. The molecule has 0 spiro atoms. The highest BCUT2D eigenvalue weighted by Gasteiger charge is 2.48. The molecule has 2 saturated carbocycles. The number of carbonyl (C=O) groups excluding carboxylic acids is 2. The van der Waals surface area contributed by atoms with Crippen molar-refractivity contribution >= 4 is 17.5 Å². The molecule has 2 fully saturated rings. The van der Waals surface area contributed by atoms with E-state index in [-0.39, 0.29) is 23.8 Å². The SMILES string of the molecule is O=C(Nc1ccc(C(F)(F)F)cc1)C1CC1C(=O)NC1CCCCCC1. The van der Waals surface area contributed by atoms with Crippen molar-refractivity contribution in [2.45, 2.75) is 57.2 Å². The minimum atomic E-state index is -4.40. The summed E-state index contributed by atoms with van der Waals surface area (Å²) in [6, 6.07) is 4.51. The first kappa shape index (κ1) is 18.7. The van der Waals surface area contributed by atoms with Crippen LogP contribution in [0, 0.1) is 11.8 Å². The van der Waals surface area contributed by atoms with E-state index in [9.17, 15) is 22.8 Å². The first-order chi connectivity index (χ1) is 12.3. The Balaban J connectivity index is 1.48. The molecule has 1 aromatic carbocycles. The van der Waals surface area contributed by atoms with Crippen LogP contribution in [0.3, 0.4) is 0 Å². The van der Waals surface area contributed by atoms with Gasteiger partial charge in [0.25, 0.3) is 0 Å². The van der Waals surface area contributed by atoms with Crippen molar-refractivity contribution in [2.24, 2.45) is 11.8 Å². The summed E-state index contributed by atoms with van der Waals surface area (Å²) < 4.78 is 37.6. The van der Waals surface area contributed by atoms with Gasteiger partial charge in [0.1, 0.15) is 0 Å². The van der Waals surface area contributed by atoms with Gasteiger partial charge in [0.05, 0.1) is 17.4 Å². The van der Waals surface area contributed by atoms with Crippen molar-refractivity contribution in [1.29, 1.82) is 0 Å². The summed E-state index contributed by atoms with van der Waals surface area (Å²) in [5.41, 5.74) is -0.458. The molecular weight excluding hydrogens is 345 g/mol. The summed E-state index contributed by atoms with van der Waals surface area (Å²) in [4.78, 5) is 24.5. The number of carbonyl (C=O) groups is 2. The quantitative estimate of drug-likeness (QED) is 0.786. The molecule has 0 bridgehead atoms. The van der Waals surface area contributed by atoms with Gasteiger partial charge in [0, 0.05) is 11.7 Å². The van der Waals surface area contributed by atoms with Crippen molar-refractivity contribution in [3.05, 3.63) is 29.8 Å². The lowest BCUT2D eigenvalue weighted by Gasteiger charge is -2.16. The molecule has 2 atom stereocenters. The zero-order chi connectivity index (χ0) is 18.7. The Morgan fingerprint density at radius 1 is 0.885 bits per heavy atom. The molecule has 3 rings (SSSR count). The van der Waals surface area contributed by atoms with Crippen LogP contribution in [0.2, 0.25) is 0 Å². The molecule has 0 radical (unpaired) electrons. The van der Waals surface area contributed by atoms with Crippen molar-refractivity contribution in [3.63, 3.8) is 0 Å². The van der Waals surface area contributed by atoms with Crippen LogP contribution in [0.1, 0.15) is 50.5 Å². The van der Waals surface area contributed by atoms with Crippen LogP contribution >= 0.6 is 0 Å². The molecule has 2 N–H and O–H groups in total. The molecular formula is C19H23F3N2O2. The number of hydrogen-bond acceptors (Lipinski definition) is 2. The molecule has 2 unspecified atom stereocenters. The Hall–Kier alpha value is -2.05. The predicted octanol–water partition coefficient (Wildman–Crippen LogP) is 4.12. The second kappa shape index (κ2) is 7.68. The largest absolute Gasteiger partial charge is 0.416 e. The van der Waals surface area contributed by atoms with Crippen molar-refractivity contribution < 1.29 is 22.8 Å². The van der Waals surface area contributed by atoms with E-state index in [2.05, 4.69) is 10.6 Å². The minimum Gasteiger partial charge on any atom is -0.353 e. The van der Waals surface area contributed by atoms with Gasteiger partial charge in [-0.3, -0.25) is 9.59 Å². The van der Waals surface area contributed by atoms with Gasteiger partial charge in [0.15, 0.2) is 0 Å². The van der Waals surface area contributed by atoms with E-state index in [1.807, 2.05) is 0 Å². The summed E-state index contributed by atoms with van der Waals surface area (Å²) in [5, 5.41) is 5.64. The molecule has 0 saturated heterocycles. The number of benzene rings is 1. The number of rotatable bonds is 4. The second-order valence-electron chi connectivity index (χ2n) is 7.21. The standard InChI is InChI=1S/C19H23F3N2O2/c20-19(21,22)12-7-9-14(10-8-12)24-18(26)16-11-15(16)17(25)23-13-5-3-1-2-4-6-13/h7-10,13,15-16H,1-6,11H2,(H,23,25)(H,24,26). The van der Waals surface area contributed by atoms with Crippen LogP contribution < -0.4 is 10.6 Å². The lowest BCUT2D eigenvalue weighted by Crippen LogP contribution is -2.36. The molecule has 142 valence electrons. The van der Waals surface area contributed by atoms with Gasteiger partial charge in [0.2, 0.25) is 11.8 Å². The third kappa shape index (κ3) is 4.77. The lowest BCUT2D eigenvalue weighted by atomic mass is 10.1. The van der Waals surface area contributed by atoms with Gasteiger partial charge in [-0.25, -0.2) is 0 Å². The van der Waals surface area contributed by atoms with Gasteiger partial charge in [-0.2, -0.15) is 13.2 Å². The number of anilines is 1. The number of amides is 2. The maximum atomic E-state index is 12.5. The molecule has 2 aliphatic rings. The Morgan fingerprint density at radius 3 is 2.04 bits per heavy atom. The van der Waals surface area contributed by atoms with E-state index >= 15 is 0 Å². The molecule has 2 amide bonds. The van der Waals surface area contributed by atoms with Gasteiger partial charge < -0.3 is 10.6 Å². The first-order valence-electron chi connectivity index (χ1n) is 9.13. The monoisotopic (exact) mass is 368 g/mol. The topological polar surface area (TPSA) is 58.2 Å². The third-order valence-electron chi connectivity index (χ3n) is 5.15. The molecule has 0 aliphatic heterocycles. The summed E-state index contributed by atoms with van der Waals surface area (Å²) >= 11 is 0. The summed E-state index contributed by atoms with van der Waals surface area (Å²) in [7, 11) is 0. The van der Waals surface area contributed by atoms with Crippen LogP contribution in [0.15, 0.2) is 24.3 Å². The van der Waals surface area contributed by atoms with E-state index in [0.29, 0.717) is 12.1 Å². The molecule has 7 heteroatoms. The summed E-state index contributed by atoms with van der Waals surface area (Å²) in [6.07, 6.45) is 2.70. The molecule has 0 heterocycles. The number of halogens is 3. The van der Waals surface area contributed by atoms with Gasteiger partial charge in [-0.15, -0.1) is 0 Å². The van der Waals surface area contributed by atoms with E-state index in [4.69, 9.17) is 0 Å². The zero-order valence-corrected chi connectivity index (χ0v) is 14.4. The van der Waals surface area contributed by atoms with Crippen LogP contribution in [0.5, 0.6) is 0 Å². The first-order valence-corrected chi connectivity index (χ1v) is 9.13. The highest BCUT2D eigenvalue weighted by atomic mass is 19.4. The van der Waals surface area contributed by atoms with E-state index in [1.165, 1.54) is 25.0 Å². The Labute approximate surface area is 150 Å². The fourth-order valence-electron chi connectivity index (χ4n) is 3.48. The summed E-state index contributed by atoms with van der Waals surface area (Å²) in [6.45, 7) is 0.